The van der Waals surface area contributed by atoms with Crippen LogP contribution in [0.4, 0.5) is 0 Å². The molecule has 106 valence electrons. The molecule has 1 aliphatic heterocycles. The predicted molar refractivity (Wildman–Crippen MR) is 82.1 cm³/mol. The molecule has 2 nitrogen and oxygen atoms in total. The van der Waals surface area contributed by atoms with Crippen molar-refractivity contribution >= 4 is 0 Å². The molecule has 2 N–H and O–H groups in total. The molecule has 0 bridgehead atoms. The Bertz CT molecular complexity index is 330. The largest absolute Gasteiger partial charge is 0.302 e. The van der Waals surface area contributed by atoms with Crippen molar-refractivity contribution < 1.29 is 0 Å². The molecule has 0 amide bonds. The second kappa shape index (κ2) is 8.34. The van der Waals surface area contributed by atoms with Gasteiger partial charge in [0.05, 0.1) is 6.17 Å². The van der Waals surface area contributed by atoms with Crippen molar-refractivity contribution in [3.05, 3.63) is 35.9 Å². The van der Waals surface area contributed by atoms with Crippen molar-refractivity contribution in [2.24, 2.45) is 0 Å². The molecule has 0 saturated carbocycles. The Morgan fingerprint density at radius 3 is 2.74 bits per heavy atom. The Hall–Kier alpha value is -0.860. The first-order valence-electron chi connectivity index (χ1n) is 7.94. The van der Waals surface area contributed by atoms with Gasteiger partial charge in [0.25, 0.3) is 0 Å². The maximum absolute atomic E-state index is 3.80. The van der Waals surface area contributed by atoms with Gasteiger partial charge in [0.15, 0.2) is 0 Å². The lowest BCUT2D eigenvalue weighted by molar-refractivity contribution is 0.385. The van der Waals surface area contributed by atoms with Crippen molar-refractivity contribution in [3.8, 4) is 0 Å². The average molecular weight is 260 g/mol. The van der Waals surface area contributed by atoms with Crippen LogP contribution in [0.5, 0.6) is 0 Å². The van der Waals surface area contributed by atoms with Crippen LogP contribution in [0.2, 0.25) is 0 Å². The molecule has 2 rings (SSSR count). The van der Waals surface area contributed by atoms with Crippen LogP contribution < -0.4 is 10.6 Å². The maximum Gasteiger partial charge on any atom is 0.0576 e. The summed E-state index contributed by atoms with van der Waals surface area (Å²) < 4.78 is 0. The molecule has 1 aromatic rings. The lowest BCUT2D eigenvalue weighted by Gasteiger charge is -2.23. The minimum atomic E-state index is 0.508. The Labute approximate surface area is 118 Å². The van der Waals surface area contributed by atoms with Gasteiger partial charge in [-0.25, -0.2) is 0 Å². The third kappa shape index (κ3) is 4.96. The molecule has 1 heterocycles. The van der Waals surface area contributed by atoms with Crippen LogP contribution in [-0.2, 0) is 0 Å². The quantitative estimate of drug-likeness (QED) is 0.690. The van der Waals surface area contributed by atoms with E-state index in [-0.39, 0.29) is 0 Å². The van der Waals surface area contributed by atoms with Crippen LogP contribution in [0, 0.1) is 0 Å². The van der Waals surface area contributed by atoms with Gasteiger partial charge < -0.3 is 5.32 Å². The van der Waals surface area contributed by atoms with Gasteiger partial charge in [0, 0.05) is 6.04 Å². The number of unbranched alkanes of at least 4 members (excludes halogenated alkanes) is 3. The summed E-state index contributed by atoms with van der Waals surface area (Å²) in [6.45, 7) is 3.43. The van der Waals surface area contributed by atoms with E-state index in [0.717, 1.165) is 6.54 Å². The molecule has 1 aromatic carbocycles. The molecule has 1 saturated heterocycles. The van der Waals surface area contributed by atoms with Crippen molar-refractivity contribution in [2.45, 2.75) is 64.1 Å². The third-order valence-electron chi connectivity index (χ3n) is 4.01. The SMILES string of the molecule is CCCCCCC(NC1CCCN1)c1ccccc1. The fourth-order valence-corrected chi connectivity index (χ4v) is 2.88. The van der Waals surface area contributed by atoms with Gasteiger partial charge in [-0.2, -0.15) is 0 Å². The molecule has 0 aromatic heterocycles. The Kier molecular flexibility index (Phi) is 6.38. The van der Waals surface area contributed by atoms with E-state index in [4.69, 9.17) is 0 Å². The first-order valence-corrected chi connectivity index (χ1v) is 7.94. The standard InChI is InChI=1S/C17H28N2/c1-2-3-4-8-12-16(15-10-6-5-7-11-15)19-17-13-9-14-18-17/h5-7,10-11,16-19H,2-4,8-9,12-14H2,1H3. The molecule has 1 aliphatic rings. The number of hydrogen-bond acceptors (Lipinski definition) is 2. The molecule has 2 unspecified atom stereocenters. The van der Waals surface area contributed by atoms with Gasteiger partial charge in [-0.15, -0.1) is 0 Å². The summed E-state index contributed by atoms with van der Waals surface area (Å²) in [5, 5.41) is 7.35. The first-order chi connectivity index (χ1) is 9.40. The number of benzene rings is 1. The van der Waals surface area contributed by atoms with E-state index in [1.54, 1.807) is 0 Å². The molecule has 2 atom stereocenters. The molecule has 0 aliphatic carbocycles. The van der Waals surface area contributed by atoms with E-state index in [0.29, 0.717) is 12.2 Å². The van der Waals surface area contributed by atoms with Gasteiger partial charge in [0.1, 0.15) is 0 Å². The van der Waals surface area contributed by atoms with Crippen LogP contribution in [-0.4, -0.2) is 12.7 Å². The normalized spacial score (nSPS) is 20.6. The van der Waals surface area contributed by atoms with Gasteiger partial charge in [-0.05, 0) is 31.4 Å². The summed E-state index contributed by atoms with van der Waals surface area (Å²) in [7, 11) is 0. The monoisotopic (exact) mass is 260 g/mol. The molecule has 19 heavy (non-hydrogen) atoms. The summed E-state index contributed by atoms with van der Waals surface area (Å²) in [6.07, 6.45) is 9.69. The minimum Gasteiger partial charge on any atom is -0.302 e. The van der Waals surface area contributed by atoms with Gasteiger partial charge in [0.2, 0.25) is 0 Å². The van der Waals surface area contributed by atoms with Crippen LogP contribution in [0.1, 0.15) is 63.5 Å². The third-order valence-corrected chi connectivity index (χ3v) is 4.01. The highest BCUT2D eigenvalue weighted by molar-refractivity contribution is 5.19. The maximum atomic E-state index is 3.80. The number of hydrogen-bond donors (Lipinski definition) is 2. The van der Waals surface area contributed by atoms with Gasteiger partial charge in [-0.3, -0.25) is 5.32 Å². The lowest BCUT2D eigenvalue weighted by Crippen LogP contribution is -2.39. The fourth-order valence-electron chi connectivity index (χ4n) is 2.88. The van der Waals surface area contributed by atoms with Crippen molar-refractivity contribution in [1.82, 2.24) is 10.6 Å². The summed E-state index contributed by atoms with van der Waals surface area (Å²) in [6, 6.07) is 11.4. The van der Waals surface area contributed by atoms with Crippen molar-refractivity contribution in [3.63, 3.8) is 0 Å². The summed E-state index contributed by atoms with van der Waals surface area (Å²) >= 11 is 0. The topological polar surface area (TPSA) is 24.1 Å². The van der Waals surface area contributed by atoms with Gasteiger partial charge in [-0.1, -0.05) is 62.9 Å². The summed E-state index contributed by atoms with van der Waals surface area (Å²) in [4.78, 5) is 0. The predicted octanol–water partition coefficient (Wildman–Crippen LogP) is 4.00. The lowest BCUT2D eigenvalue weighted by atomic mass is 9.99. The Morgan fingerprint density at radius 1 is 1.21 bits per heavy atom. The summed E-state index contributed by atoms with van der Waals surface area (Å²) in [5.74, 6) is 0. The molecular weight excluding hydrogens is 232 g/mol. The molecule has 2 heteroatoms. The highest BCUT2D eigenvalue weighted by Crippen LogP contribution is 2.21. The number of nitrogens with one attached hydrogen (secondary N) is 2. The van der Waals surface area contributed by atoms with Crippen molar-refractivity contribution in [2.75, 3.05) is 6.54 Å². The van der Waals surface area contributed by atoms with E-state index in [1.807, 2.05) is 0 Å². The summed E-state index contributed by atoms with van der Waals surface area (Å²) in [5.41, 5.74) is 1.44. The second-order valence-corrected chi connectivity index (χ2v) is 5.63. The smallest absolute Gasteiger partial charge is 0.0576 e. The minimum absolute atomic E-state index is 0.508. The Balaban J connectivity index is 1.88. The van der Waals surface area contributed by atoms with E-state index in [1.165, 1.54) is 50.5 Å². The van der Waals surface area contributed by atoms with E-state index >= 15 is 0 Å². The molecular formula is C17H28N2. The highest BCUT2D eigenvalue weighted by Gasteiger charge is 2.19. The van der Waals surface area contributed by atoms with Gasteiger partial charge >= 0.3 is 0 Å². The fraction of sp³-hybridized carbons (Fsp3) is 0.647. The zero-order chi connectivity index (χ0) is 13.3. The van der Waals surface area contributed by atoms with Crippen LogP contribution in [0.25, 0.3) is 0 Å². The Morgan fingerprint density at radius 2 is 2.05 bits per heavy atom. The van der Waals surface area contributed by atoms with Crippen LogP contribution in [0.15, 0.2) is 30.3 Å². The highest BCUT2D eigenvalue weighted by atomic mass is 15.1. The second-order valence-electron chi connectivity index (χ2n) is 5.63. The van der Waals surface area contributed by atoms with Crippen LogP contribution in [0.3, 0.4) is 0 Å². The van der Waals surface area contributed by atoms with Crippen molar-refractivity contribution in [1.29, 1.82) is 0 Å². The zero-order valence-corrected chi connectivity index (χ0v) is 12.2. The van der Waals surface area contributed by atoms with Crippen LogP contribution >= 0.6 is 0 Å². The molecule has 0 radical (unpaired) electrons. The first kappa shape index (κ1) is 14.5. The zero-order valence-electron chi connectivity index (χ0n) is 12.2. The molecule has 0 spiro atoms. The number of rotatable bonds is 8. The van der Waals surface area contributed by atoms with E-state index < -0.39 is 0 Å². The molecule has 1 fully saturated rings. The van der Waals surface area contributed by atoms with E-state index in [9.17, 15) is 0 Å². The average Bonchev–Trinajstić information content (AvgIpc) is 2.96. The van der Waals surface area contributed by atoms with E-state index in [2.05, 4.69) is 47.9 Å².